The summed E-state index contributed by atoms with van der Waals surface area (Å²) in [5, 5.41) is 0. The van der Waals surface area contributed by atoms with Crippen LogP contribution in [0.5, 0.6) is 0 Å². The van der Waals surface area contributed by atoms with Gasteiger partial charge in [0.15, 0.2) is 6.10 Å². The van der Waals surface area contributed by atoms with E-state index in [9.17, 15) is 14.4 Å². The predicted octanol–water partition coefficient (Wildman–Crippen LogP) is 18.8. The second kappa shape index (κ2) is 55.2. The normalized spacial score (nSPS) is 12.7. The molecule has 0 amide bonds. The van der Waals surface area contributed by atoms with Crippen molar-refractivity contribution in [2.24, 2.45) is 0 Å². The van der Waals surface area contributed by atoms with Gasteiger partial charge < -0.3 is 14.2 Å². The van der Waals surface area contributed by atoms with E-state index in [4.69, 9.17) is 14.2 Å². The first-order valence-corrected chi connectivity index (χ1v) is 28.1. The number of hydrogen-bond donors (Lipinski definition) is 0. The van der Waals surface area contributed by atoms with E-state index in [0.717, 1.165) is 83.5 Å². The Labute approximate surface area is 414 Å². The Bertz CT molecular complexity index is 1300. The van der Waals surface area contributed by atoms with Crippen LogP contribution in [-0.4, -0.2) is 37.2 Å². The predicted molar refractivity (Wildman–Crippen MR) is 288 cm³/mol. The van der Waals surface area contributed by atoms with Crippen molar-refractivity contribution in [3.8, 4) is 0 Å². The van der Waals surface area contributed by atoms with Gasteiger partial charge in [-0.2, -0.15) is 0 Å². The molecule has 0 aromatic heterocycles. The number of rotatable bonds is 50. The van der Waals surface area contributed by atoms with Crippen molar-refractivity contribution in [2.75, 3.05) is 13.2 Å². The Balaban J connectivity index is 4.46. The smallest absolute Gasteiger partial charge is 0.306 e. The highest BCUT2D eigenvalue weighted by molar-refractivity contribution is 5.71. The van der Waals surface area contributed by atoms with Gasteiger partial charge in [-0.25, -0.2) is 0 Å². The van der Waals surface area contributed by atoms with Gasteiger partial charge in [-0.05, 0) is 116 Å². The molecule has 0 fully saturated rings. The fourth-order valence-corrected chi connectivity index (χ4v) is 7.58. The van der Waals surface area contributed by atoms with Gasteiger partial charge in [0.05, 0.1) is 0 Å². The van der Waals surface area contributed by atoms with Gasteiger partial charge in [0.2, 0.25) is 0 Å². The summed E-state index contributed by atoms with van der Waals surface area (Å²) in [5.41, 5.74) is 0. The van der Waals surface area contributed by atoms with Crippen LogP contribution in [0.25, 0.3) is 0 Å². The molecule has 0 aliphatic carbocycles. The number of ether oxygens (including phenoxy) is 3. The minimum Gasteiger partial charge on any atom is -0.462 e. The maximum atomic E-state index is 12.8. The molecule has 0 saturated carbocycles. The molecule has 6 nitrogen and oxygen atoms in total. The van der Waals surface area contributed by atoms with Crippen molar-refractivity contribution in [3.63, 3.8) is 0 Å². The molecule has 1 atom stereocenters. The van der Waals surface area contributed by atoms with E-state index in [2.05, 4.69) is 106 Å². The van der Waals surface area contributed by atoms with Gasteiger partial charge >= 0.3 is 17.9 Å². The van der Waals surface area contributed by atoms with Gasteiger partial charge in [-0.1, -0.05) is 215 Å². The summed E-state index contributed by atoms with van der Waals surface area (Å²) in [6.07, 6.45) is 71.4. The van der Waals surface area contributed by atoms with Crippen LogP contribution >= 0.6 is 0 Å². The molecule has 384 valence electrons. The Morgan fingerprint density at radius 1 is 0.299 bits per heavy atom. The van der Waals surface area contributed by atoms with Crippen LogP contribution in [0, 0.1) is 0 Å². The third-order valence-electron chi connectivity index (χ3n) is 11.8. The lowest BCUT2D eigenvalue weighted by Crippen LogP contribution is -2.30. The summed E-state index contributed by atoms with van der Waals surface area (Å²) in [5.74, 6) is -0.969. The summed E-state index contributed by atoms with van der Waals surface area (Å²) in [4.78, 5) is 38.1. The highest BCUT2D eigenvalue weighted by Crippen LogP contribution is 2.14. The van der Waals surface area contributed by atoms with Crippen LogP contribution in [0.1, 0.15) is 265 Å². The molecule has 0 saturated heterocycles. The minimum absolute atomic E-state index is 0.103. The fourth-order valence-electron chi connectivity index (χ4n) is 7.58. The summed E-state index contributed by atoms with van der Waals surface area (Å²) in [6.45, 7) is 6.52. The van der Waals surface area contributed by atoms with Crippen molar-refractivity contribution < 1.29 is 28.6 Å². The molecule has 0 radical (unpaired) electrons. The summed E-state index contributed by atoms with van der Waals surface area (Å²) >= 11 is 0. The van der Waals surface area contributed by atoms with E-state index in [0.29, 0.717) is 19.3 Å². The van der Waals surface area contributed by atoms with Crippen LogP contribution in [0.15, 0.2) is 85.1 Å². The molecule has 0 spiro atoms. The molecule has 0 aromatic rings. The van der Waals surface area contributed by atoms with E-state index in [1.165, 1.54) is 135 Å². The topological polar surface area (TPSA) is 78.9 Å². The third-order valence-corrected chi connectivity index (χ3v) is 11.8. The molecule has 0 aliphatic heterocycles. The van der Waals surface area contributed by atoms with Crippen molar-refractivity contribution >= 4 is 17.9 Å². The zero-order chi connectivity index (χ0) is 48.6. The van der Waals surface area contributed by atoms with Gasteiger partial charge in [0.1, 0.15) is 13.2 Å². The summed E-state index contributed by atoms with van der Waals surface area (Å²) < 4.78 is 16.8. The molecule has 0 aliphatic rings. The van der Waals surface area contributed by atoms with Crippen molar-refractivity contribution in [1.29, 1.82) is 0 Å². The van der Waals surface area contributed by atoms with Crippen molar-refractivity contribution in [3.05, 3.63) is 85.1 Å². The van der Waals surface area contributed by atoms with Gasteiger partial charge in [-0.3, -0.25) is 14.4 Å². The second-order valence-corrected chi connectivity index (χ2v) is 18.5. The lowest BCUT2D eigenvalue weighted by molar-refractivity contribution is -0.167. The number of unbranched alkanes of at least 4 members (excludes halogenated alkanes) is 25. The average Bonchev–Trinajstić information content (AvgIpc) is 3.33. The van der Waals surface area contributed by atoms with E-state index in [1.807, 2.05) is 0 Å². The second-order valence-electron chi connectivity index (χ2n) is 18.5. The van der Waals surface area contributed by atoms with Gasteiger partial charge in [0.25, 0.3) is 0 Å². The lowest BCUT2D eigenvalue weighted by Gasteiger charge is -2.18. The Hall–Kier alpha value is -3.41. The molecule has 0 heterocycles. The van der Waals surface area contributed by atoms with E-state index in [-0.39, 0.29) is 37.5 Å². The molecule has 0 aromatic carbocycles. The summed E-state index contributed by atoms with van der Waals surface area (Å²) in [6, 6.07) is 0. The van der Waals surface area contributed by atoms with Crippen LogP contribution in [0.2, 0.25) is 0 Å². The molecular weight excluding hydrogens is 829 g/mol. The lowest BCUT2D eigenvalue weighted by atomic mass is 10.1. The van der Waals surface area contributed by atoms with Crippen molar-refractivity contribution in [2.45, 2.75) is 271 Å². The first kappa shape index (κ1) is 63.6. The maximum Gasteiger partial charge on any atom is 0.306 e. The molecule has 0 rings (SSSR count). The number of hydrogen-bond acceptors (Lipinski definition) is 6. The number of carbonyl (C=O) groups excluding carboxylic acids is 3. The molecule has 67 heavy (non-hydrogen) atoms. The number of allylic oxidation sites excluding steroid dienone is 14. The van der Waals surface area contributed by atoms with Crippen LogP contribution in [0.3, 0.4) is 0 Å². The molecule has 0 N–H and O–H groups in total. The van der Waals surface area contributed by atoms with Crippen LogP contribution in [-0.2, 0) is 28.6 Å². The highest BCUT2D eigenvalue weighted by Gasteiger charge is 2.19. The van der Waals surface area contributed by atoms with Crippen LogP contribution < -0.4 is 0 Å². The highest BCUT2D eigenvalue weighted by atomic mass is 16.6. The molecule has 0 unspecified atom stereocenters. The average molecular weight is 933 g/mol. The molecular formula is C61H104O6. The number of carbonyl (C=O) groups is 3. The van der Waals surface area contributed by atoms with Crippen molar-refractivity contribution in [1.82, 2.24) is 0 Å². The Morgan fingerprint density at radius 2 is 0.552 bits per heavy atom. The third kappa shape index (κ3) is 53.4. The van der Waals surface area contributed by atoms with E-state index >= 15 is 0 Å². The Morgan fingerprint density at radius 3 is 0.925 bits per heavy atom. The number of esters is 3. The van der Waals surface area contributed by atoms with Gasteiger partial charge in [0, 0.05) is 19.3 Å². The Kier molecular flexibility index (Phi) is 52.4. The summed E-state index contributed by atoms with van der Waals surface area (Å²) in [7, 11) is 0. The van der Waals surface area contributed by atoms with E-state index < -0.39 is 6.10 Å². The SMILES string of the molecule is CCCCC/C=C\C/C=C\C/C=C\C/C=C\CCCC(=O)O[C@@H](COC(=O)CCCCCCC/C=C\CCCCCC)COC(=O)CCCCCCCCCCC/C=C\C/C=C\CCCCC. The van der Waals surface area contributed by atoms with Crippen LogP contribution in [0.4, 0.5) is 0 Å². The monoisotopic (exact) mass is 933 g/mol. The molecule has 0 bridgehead atoms. The largest absolute Gasteiger partial charge is 0.462 e. The maximum absolute atomic E-state index is 12.8. The van der Waals surface area contributed by atoms with Gasteiger partial charge in [-0.15, -0.1) is 0 Å². The first-order valence-electron chi connectivity index (χ1n) is 28.1. The minimum atomic E-state index is -0.810. The van der Waals surface area contributed by atoms with E-state index in [1.54, 1.807) is 0 Å². The standard InChI is InChI=1S/C61H104O6/c1-4-7-10-13-16-19-22-25-27-29-30-32-33-36-39-42-45-48-51-54-60(63)66-57-58(56-65-59(62)53-50-47-44-41-38-35-24-21-18-15-12-9-6-3)67-61(64)55-52-49-46-43-40-37-34-31-28-26-23-20-17-14-11-8-5-2/h16-17,19-21,24-28,34,37,43,46,58H,4-15,18,22-23,29-33,35-36,38-42,44-45,47-57H2,1-3H3/b19-16-,20-17-,24-21-,27-25-,28-26-,37-34-,46-43-/t58-/m0/s1. The zero-order valence-corrected chi connectivity index (χ0v) is 43.9. The zero-order valence-electron chi connectivity index (χ0n) is 43.9. The molecule has 6 heteroatoms. The first-order chi connectivity index (χ1) is 33.0. The fraction of sp³-hybridized carbons (Fsp3) is 0.721. The quantitative estimate of drug-likeness (QED) is 0.0262.